The Kier molecular flexibility index (Phi) is 3.78. The van der Waals surface area contributed by atoms with Gasteiger partial charge < -0.3 is 4.90 Å². The molecule has 146 valence electrons. The molecule has 0 aromatic heterocycles. The first-order valence-electron chi connectivity index (χ1n) is 9.90. The van der Waals surface area contributed by atoms with E-state index in [0.29, 0.717) is 5.69 Å². The summed E-state index contributed by atoms with van der Waals surface area (Å²) in [4.78, 5) is 43.0. The highest BCUT2D eigenvalue weighted by atomic mass is 16.2. The van der Waals surface area contributed by atoms with Gasteiger partial charge in [-0.05, 0) is 49.6 Å². The number of nitrogens with zero attached hydrogens (tertiary/aromatic N) is 2. The molecule has 3 aliphatic heterocycles. The van der Waals surface area contributed by atoms with Gasteiger partial charge in [0.15, 0.2) is 5.78 Å². The zero-order valence-electron chi connectivity index (χ0n) is 16.6. The van der Waals surface area contributed by atoms with Crippen LogP contribution < -0.4 is 4.90 Å². The number of hydrogen-bond donors (Lipinski definition) is 0. The zero-order chi connectivity index (χ0) is 20.4. The summed E-state index contributed by atoms with van der Waals surface area (Å²) in [7, 11) is 0. The molecule has 2 fully saturated rings. The Balaban J connectivity index is 1.66. The molecule has 5 rings (SSSR count). The zero-order valence-corrected chi connectivity index (χ0v) is 16.6. The molecule has 2 saturated heterocycles. The van der Waals surface area contributed by atoms with Gasteiger partial charge in [0.2, 0.25) is 11.8 Å². The Morgan fingerprint density at radius 2 is 1.69 bits per heavy atom. The second-order valence-electron chi connectivity index (χ2n) is 8.25. The molecule has 29 heavy (non-hydrogen) atoms. The molecule has 3 aliphatic rings. The topological polar surface area (TPSA) is 57.7 Å². The van der Waals surface area contributed by atoms with Crippen LogP contribution in [0.3, 0.4) is 0 Å². The molecule has 2 aromatic carbocycles. The average molecular weight is 386 g/mol. The van der Waals surface area contributed by atoms with Crippen molar-refractivity contribution < 1.29 is 14.4 Å². The number of imide groups is 1. The SMILES string of the molecule is CC(=O)[C@@H]1[C@@H]2C(=O)N(c3ccc(C)cc3C)C(=O)[C@@H]2[C@H]2c3ccccc3C=CN12. The molecule has 2 amide bonds. The van der Waals surface area contributed by atoms with Gasteiger partial charge in [0.05, 0.1) is 29.6 Å². The van der Waals surface area contributed by atoms with Crippen molar-refractivity contribution in [2.24, 2.45) is 11.8 Å². The first-order chi connectivity index (χ1) is 13.9. The standard InChI is InChI=1S/C24H22N2O3/c1-13-8-9-18(14(2)12-13)26-23(28)19-20(24(26)29)22-17-7-5-4-6-16(17)10-11-25(22)21(19)15(3)27/h4-12,19-22H,1-3H3/t19-,20+,21-,22-/m1/s1. The molecular weight excluding hydrogens is 364 g/mol. The Hall–Kier alpha value is -3.21. The van der Waals surface area contributed by atoms with E-state index in [1.54, 1.807) is 0 Å². The van der Waals surface area contributed by atoms with Crippen molar-refractivity contribution in [3.8, 4) is 0 Å². The molecular formula is C24H22N2O3. The van der Waals surface area contributed by atoms with Crippen LogP contribution >= 0.6 is 0 Å². The van der Waals surface area contributed by atoms with Gasteiger partial charge in [-0.3, -0.25) is 14.4 Å². The smallest absolute Gasteiger partial charge is 0.240 e. The number of Topliss-reactive ketones (excluding diaryl/α,β-unsaturated/α-hetero) is 1. The quantitative estimate of drug-likeness (QED) is 0.743. The lowest BCUT2D eigenvalue weighted by Crippen LogP contribution is -2.43. The molecule has 5 nitrogen and oxygen atoms in total. The monoisotopic (exact) mass is 386 g/mol. The fraction of sp³-hybridized carbons (Fsp3) is 0.292. The molecule has 2 aromatic rings. The third-order valence-corrected chi connectivity index (χ3v) is 6.47. The van der Waals surface area contributed by atoms with Gasteiger partial charge in [-0.15, -0.1) is 0 Å². The van der Waals surface area contributed by atoms with E-state index in [-0.39, 0.29) is 23.6 Å². The Morgan fingerprint density at radius 1 is 0.966 bits per heavy atom. The van der Waals surface area contributed by atoms with E-state index >= 15 is 0 Å². The van der Waals surface area contributed by atoms with E-state index in [1.165, 1.54) is 11.8 Å². The van der Waals surface area contributed by atoms with Gasteiger partial charge in [-0.2, -0.15) is 0 Å². The Morgan fingerprint density at radius 3 is 2.41 bits per heavy atom. The molecule has 5 heteroatoms. The van der Waals surface area contributed by atoms with E-state index in [1.807, 2.05) is 73.5 Å². The summed E-state index contributed by atoms with van der Waals surface area (Å²) in [6.07, 6.45) is 3.83. The van der Waals surface area contributed by atoms with Crippen molar-refractivity contribution in [3.63, 3.8) is 0 Å². The van der Waals surface area contributed by atoms with Gasteiger partial charge in [0, 0.05) is 6.20 Å². The fourth-order valence-corrected chi connectivity index (χ4v) is 5.32. The third-order valence-electron chi connectivity index (χ3n) is 6.47. The maximum absolute atomic E-state index is 13.6. The largest absolute Gasteiger partial charge is 0.359 e. The summed E-state index contributed by atoms with van der Waals surface area (Å²) >= 11 is 0. The van der Waals surface area contributed by atoms with Crippen LogP contribution in [0, 0.1) is 25.7 Å². The van der Waals surface area contributed by atoms with Crippen molar-refractivity contribution in [2.45, 2.75) is 32.9 Å². The molecule has 0 spiro atoms. The summed E-state index contributed by atoms with van der Waals surface area (Å²) in [5.74, 6) is -1.80. The normalized spacial score (nSPS) is 27.1. The number of rotatable bonds is 2. The van der Waals surface area contributed by atoms with Crippen LogP contribution in [-0.4, -0.2) is 28.5 Å². The molecule has 4 atom stereocenters. The summed E-state index contributed by atoms with van der Waals surface area (Å²) in [6.45, 7) is 5.40. The van der Waals surface area contributed by atoms with Crippen LogP contribution in [0.4, 0.5) is 5.69 Å². The van der Waals surface area contributed by atoms with E-state index in [9.17, 15) is 14.4 Å². The molecule has 3 heterocycles. The summed E-state index contributed by atoms with van der Waals surface area (Å²) in [6, 6.07) is 12.7. The number of benzene rings is 2. The number of aryl methyl sites for hydroxylation is 2. The van der Waals surface area contributed by atoms with Crippen molar-refractivity contribution in [1.82, 2.24) is 4.90 Å². The molecule has 0 aliphatic carbocycles. The van der Waals surface area contributed by atoms with Gasteiger partial charge in [0.25, 0.3) is 0 Å². The number of ketones is 1. The number of anilines is 1. The van der Waals surface area contributed by atoms with Gasteiger partial charge in [-0.25, -0.2) is 4.90 Å². The van der Waals surface area contributed by atoms with E-state index in [0.717, 1.165) is 22.3 Å². The lowest BCUT2D eigenvalue weighted by molar-refractivity contribution is -0.129. The summed E-state index contributed by atoms with van der Waals surface area (Å²) in [5, 5.41) is 0. The van der Waals surface area contributed by atoms with E-state index in [2.05, 4.69) is 0 Å². The molecule has 0 bridgehead atoms. The maximum atomic E-state index is 13.6. The fourth-order valence-electron chi connectivity index (χ4n) is 5.32. The van der Waals surface area contributed by atoms with Crippen molar-refractivity contribution in [1.29, 1.82) is 0 Å². The average Bonchev–Trinajstić information content (AvgIpc) is 3.16. The van der Waals surface area contributed by atoms with Crippen LogP contribution in [0.15, 0.2) is 48.7 Å². The minimum atomic E-state index is -0.665. The number of hydrogen-bond acceptors (Lipinski definition) is 4. The number of amides is 2. The van der Waals surface area contributed by atoms with E-state index in [4.69, 9.17) is 0 Å². The third kappa shape index (κ3) is 2.36. The Labute approximate surface area is 169 Å². The van der Waals surface area contributed by atoms with Gasteiger partial charge in [-0.1, -0.05) is 42.0 Å². The number of carbonyl (C=O) groups is 3. The second-order valence-corrected chi connectivity index (χ2v) is 8.25. The highest BCUT2D eigenvalue weighted by Gasteiger charge is 2.64. The first kappa shape index (κ1) is 17.9. The molecule has 0 unspecified atom stereocenters. The Bertz CT molecular complexity index is 1100. The predicted molar refractivity (Wildman–Crippen MR) is 110 cm³/mol. The highest BCUT2D eigenvalue weighted by Crippen LogP contribution is 2.53. The van der Waals surface area contributed by atoms with Crippen LogP contribution in [0.25, 0.3) is 6.08 Å². The lowest BCUT2D eigenvalue weighted by atomic mass is 9.84. The van der Waals surface area contributed by atoms with Gasteiger partial charge >= 0.3 is 0 Å². The first-order valence-corrected chi connectivity index (χ1v) is 9.90. The number of carbonyl (C=O) groups excluding carboxylic acids is 3. The second kappa shape index (κ2) is 6.14. The summed E-state index contributed by atoms with van der Waals surface area (Å²) < 4.78 is 0. The van der Waals surface area contributed by atoms with Crippen molar-refractivity contribution in [2.75, 3.05) is 4.90 Å². The highest BCUT2D eigenvalue weighted by molar-refractivity contribution is 6.24. The minimum absolute atomic E-state index is 0.0878. The van der Waals surface area contributed by atoms with Crippen LogP contribution in [0.1, 0.15) is 35.2 Å². The van der Waals surface area contributed by atoms with Crippen molar-refractivity contribution in [3.05, 3.63) is 70.9 Å². The summed E-state index contributed by atoms with van der Waals surface area (Å²) in [5.41, 5.74) is 4.60. The van der Waals surface area contributed by atoms with Gasteiger partial charge in [0.1, 0.15) is 0 Å². The molecule has 0 radical (unpaired) electrons. The maximum Gasteiger partial charge on any atom is 0.240 e. The molecule has 0 N–H and O–H groups in total. The minimum Gasteiger partial charge on any atom is -0.359 e. The van der Waals surface area contributed by atoms with Crippen LogP contribution in [-0.2, 0) is 14.4 Å². The lowest BCUT2D eigenvalue weighted by Gasteiger charge is -2.35. The molecule has 0 saturated carbocycles. The van der Waals surface area contributed by atoms with E-state index < -0.39 is 17.9 Å². The van der Waals surface area contributed by atoms with Crippen molar-refractivity contribution >= 4 is 29.4 Å². The predicted octanol–water partition coefficient (Wildman–Crippen LogP) is 3.41. The number of fused-ring (bicyclic) bond motifs is 5. The van der Waals surface area contributed by atoms with Crippen LogP contribution in [0.5, 0.6) is 0 Å². The van der Waals surface area contributed by atoms with Crippen LogP contribution in [0.2, 0.25) is 0 Å².